The number of nitrogens with two attached hydrogens (primary N) is 1. The van der Waals surface area contributed by atoms with Gasteiger partial charge in [0.1, 0.15) is 0 Å². The molecule has 1 unspecified atom stereocenters. The summed E-state index contributed by atoms with van der Waals surface area (Å²) < 4.78 is 39.4. The second kappa shape index (κ2) is 5.97. The maximum atomic E-state index is 13.1. The molecular formula is C16H22F3NO. The SMILES string of the molecule is CC1CCC(CN)(C(O)c2ccccc2C(F)(F)F)CC1. The minimum absolute atomic E-state index is 0.0509. The molecular weight excluding hydrogens is 279 g/mol. The Labute approximate surface area is 123 Å². The van der Waals surface area contributed by atoms with Gasteiger partial charge in [-0.15, -0.1) is 0 Å². The van der Waals surface area contributed by atoms with Crippen LogP contribution in [0.1, 0.15) is 49.8 Å². The summed E-state index contributed by atoms with van der Waals surface area (Å²) >= 11 is 0. The lowest BCUT2D eigenvalue weighted by atomic mass is 9.65. The van der Waals surface area contributed by atoms with Gasteiger partial charge in [0.2, 0.25) is 0 Å². The zero-order chi connectivity index (χ0) is 15.7. The predicted octanol–water partition coefficient (Wildman–Crippen LogP) is 3.89. The Kier molecular flexibility index (Phi) is 4.63. The van der Waals surface area contributed by atoms with Crippen molar-refractivity contribution in [1.82, 2.24) is 0 Å². The van der Waals surface area contributed by atoms with Gasteiger partial charge in [-0.25, -0.2) is 0 Å². The molecule has 0 aromatic heterocycles. The fraction of sp³-hybridized carbons (Fsp3) is 0.625. The van der Waals surface area contributed by atoms with E-state index in [-0.39, 0.29) is 12.1 Å². The second-order valence-corrected chi connectivity index (χ2v) is 6.24. The molecule has 0 heterocycles. The van der Waals surface area contributed by atoms with Gasteiger partial charge in [0.05, 0.1) is 11.7 Å². The molecule has 5 heteroatoms. The van der Waals surface area contributed by atoms with Crippen molar-refractivity contribution in [2.24, 2.45) is 17.1 Å². The monoisotopic (exact) mass is 301 g/mol. The summed E-state index contributed by atoms with van der Waals surface area (Å²) in [6, 6.07) is 5.26. The third-order valence-electron chi connectivity index (χ3n) is 4.82. The van der Waals surface area contributed by atoms with Gasteiger partial charge in [-0.05, 0) is 30.4 Å². The van der Waals surface area contributed by atoms with Crippen LogP contribution < -0.4 is 5.73 Å². The Hall–Kier alpha value is -1.07. The van der Waals surface area contributed by atoms with Gasteiger partial charge in [-0.2, -0.15) is 13.2 Å². The van der Waals surface area contributed by atoms with Crippen molar-refractivity contribution in [3.05, 3.63) is 35.4 Å². The number of aliphatic hydroxyl groups is 1. The zero-order valence-corrected chi connectivity index (χ0v) is 12.2. The highest BCUT2D eigenvalue weighted by Gasteiger charge is 2.43. The van der Waals surface area contributed by atoms with Gasteiger partial charge in [0.25, 0.3) is 0 Å². The first-order valence-corrected chi connectivity index (χ1v) is 7.34. The van der Waals surface area contributed by atoms with E-state index in [9.17, 15) is 18.3 Å². The van der Waals surface area contributed by atoms with Crippen LogP contribution in [0.2, 0.25) is 0 Å². The number of halogens is 3. The Morgan fingerprint density at radius 2 is 1.86 bits per heavy atom. The molecule has 3 N–H and O–H groups in total. The maximum Gasteiger partial charge on any atom is 0.416 e. The summed E-state index contributed by atoms with van der Waals surface area (Å²) in [4.78, 5) is 0. The van der Waals surface area contributed by atoms with Crippen molar-refractivity contribution in [2.45, 2.75) is 44.9 Å². The third-order valence-corrected chi connectivity index (χ3v) is 4.82. The zero-order valence-electron chi connectivity index (χ0n) is 12.2. The van der Waals surface area contributed by atoms with E-state index in [4.69, 9.17) is 5.73 Å². The van der Waals surface area contributed by atoms with Gasteiger partial charge in [0.15, 0.2) is 0 Å². The number of hydrogen-bond donors (Lipinski definition) is 2. The summed E-state index contributed by atoms with van der Waals surface area (Å²) in [5.41, 5.74) is 4.38. The van der Waals surface area contributed by atoms with E-state index in [2.05, 4.69) is 6.92 Å². The summed E-state index contributed by atoms with van der Waals surface area (Å²) in [6.07, 6.45) is -2.52. The average Bonchev–Trinajstić information content (AvgIpc) is 2.47. The number of rotatable bonds is 3. The Morgan fingerprint density at radius 3 is 2.38 bits per heavy atom. The normalized spacial score (nSPS) is 28.4. The van der Waals surface area contributed by atoms with Crippen LogP contribution in [0, 0.1) is 11.3 Å². The molecule has 1 aromatic rings. The Bertz CT molecular complexity index is 479. The summed E-state index contributed by atoms with van der Waals surface area (Å²) in [7, 11) is 0. The molecule has 1 aliphatic rings. The number of aliphatic hydroxyl groups excluding tert-OH is 1. The van der Waals surface area contributed by atoms with E-state index in [1.54, 1.807) is 0 Å². The first-order chi connectivity index (χ1) is 9.80. The Morgan fingerprint density at radius 1 is 1.29 bits per heavy atom. The largest absolute Gasteiger partial charge is 0.416 e. The smallest absolute Gasteiger partial charge is 0.388 e. The lowest BCUT2D eigenvalue weighted by Crippen LogP contribution is -2.40. The fourth-order valence-electron chi connectivity index (χ4n) is 3.25. The minimum atomic E-state index is -4.46. The first-order valence-electron chi connectivity index (χ1n) is 7.34. The van der Waals surface area contributed by atoms with Crippen LogP contribution in [-0.4, -0.2) is 11.7 Å². The molecule has 0 spiro atoms. The molecule has 0 bridgehead atoms. The highest BCUT2D eigenvalue weighted by molar-refractivity contribution is 5.33. The van der Waals surface area contributed by atoms with Crippen LogP contribution in [-0.2, 0) is 6.18 Å². The number of alkyl halides is 3. The molecule has 2 rings (SSSR count). The van der Waals surface area contributed by atoms with Crippen LogP contribution >= 0.6 is 0 Å². The molecule has 1 saturated carbocycles. The van der Waals surface area contributed by atoms with Crippen molar-refractivity contribution in [3.8, 4) is 0 Å². The molecule has 118 valence electrons. The van der Waals surface area contributed by atoms with Gasteiger partial charge in [-0.3, -0.25) is 0 Å². The third kappa shape index (κ3) is 3.24. The summed E-state index contributed by atoms with van der Waals surface area (Å²) in [5.74, 6) is 0.537. The van der Waals surface area contributed by atoms with Crippen molar-refractivity contribution in [3.63, 3.8) is 0 Å². The van der Waals surface area contributed by atoms with E-state index >= 15 is 0 Å². The van der Waals surface area contributed by atoms with E-state index in [1.165, 1.54) is 18.2 Å². The standard InChI is InChI=1S/C16H22F3NO/c1-11-6-8-15(10-20,9-7-11)14(21)12-4-2-3-5-13(12)16(17,18)19/h2-5,11,14,21H,6-10,20H2,1H3. The second-order valence-electron chi connectivity index (χ2n) is 6.24. The number of hydrogen-bond acceptors (Lipinski definition) is 2. The minimum Gasteiger partial charge on any atom is -0.388 e. The van der Waals surface area contributed by atoms with Crippen molar-refractivity contribution in [2.75, 3.05) is 6.54 Å². The van der Waals surface area contributed by atoms with Gasteiger partial charge in [-0.1, -0.05) is 38.0 Å². The lowest BCUT2D eigenvalue weighted by molar-refractivity contribution is -0.140. The van der Waals surface area contributed by atoms with E-state index < -0.39 is 23.3 Å². The van der Waals surface area contributed by atoms with Crippen LogP contribution in [0.5, 0.6) is 0 Å². The molecule has 0 saturated heterocycles. The van der Waals surface area contributed by atoms with Crippen LogP contribution in [0.15, 0.2) is 24.3 Å². The molecule has 1 aromatic carbocycles. The van der Waals surface area contributed by atoms with E-state index in [1.807, 2.05) is 0 Å². The molecule has 21 heavy (non-hydrogen) atoms. The van der Waals surface area contributed by atoms with Crippen molar-refractivity contribution >= 4 is 0 Å². The van der Waals surface area contributed by atoms with Crippen LogP contribution in [0.3, 0.4) is 0 Å². The fourth-order valence-corrected chi connectivity index (χ4v) is 3.25. The first kappa shape index (κ1) is 16.3. The van der Waals surface area contributed by atoms with Gasteiger partial charge < -0.3 is 10.8 Å². The van der Waals surface area contributed by atoms with Crippen molar-refractivity contribution < 1.29 is 18.3 Å². The quantitative estimate of drug-likeness (QED) is 0.889. The molecule has 1 fully saturated rings. The van der Waals surface area contributed by atoms with Crippen LogP contribution in [0.4, 0.5) is 13.2 Å². The molecule has 1 atom stereocenters. The van der Waals surface area contributed by atoms with E-state index in [0.29, 0.717) is 18.8 Å². The Balaban J connectivity index is 2.37. The summed E-state index contributed by atoms with van der Waals surface area (Å²) in [6.45, 7) is 2.32. The summed E-state index contributed by atoms with van der Waals surface area (Å²) in [5, 5.41) is 10.6. The van der Waals surface area contributed by atoms with E-state index in [0.717, 1.165) is 18.9 Å². The number of benzene rings is 1. The topological polar surface area (TPSA) is 46.2 Å². The molecule has 0 radical (unpaired) electrons. The molecule has 0 aliphatic heterocycles. The lowest BCUT2D eigenvalue weighted by Gasteiger charge is -2.42. The molecule has 2 nitrogen and oxygen atoms in total. The predicted molar refractivity (Wildman–Crippen MR) is 75.5 cm³/mol. The molecule has 1 aliphatic carbocycles. The highest BCUT2D eigenvalue weighted by atomic mass is 19.4. The van der Waals surface area contributed by atoms with Crippen molar-refractivity contribution in [1.29, 1.82) is 0 Å². The van der Waals surface area contributed by atoms with Crippen LogP contribution in [0.25, 0.3) is 0 Å². The molecule has 0 amide bonds. The van der Waals surface area contributed by atoms with Gasteiger partial charge in [0, 0.05) is 12.0 Å². The highest BCUT2D eigenvalue weighted by Crippen LogP contribution is 2.48. The maximum absolute atomic E-state index is 13.1. The average molecular weight is 301 g/mol. The van der Waals surface area contributed by atoms with Gasteiger partial charge >= 0.3 is 6.18 Å².